The van der Waals surface area contributed by atoms with Crippen LogP contribution in [0.15, 0.2) is 72.8 Å². The maximum atomic E-state index is 2.55. The van der Waals surface area contributed by atoms with E-state index >= 15 is 0 Å². The van der Waals surface area contributed by atoms with Crippen LogP contribution in [0.4, 0.5) is 0 Å². The summed E-state index contributed by atoms with van der Waals surface area (Å²) in [7, 11) is 0.158. The normalized spacial score (nSPS) is 16.1. The van der Waals surface area contributed by atoms with E-state index in [9.17, 15) is 0 Å². The minimum absolute atomic E-state index is 0. The largest absolute Gasteiger partial charge is 4.00 e. The SMILES string of the molecule is CCCP(CCC)c1cc2ccccc2[cH-]1.[Cl-].[Cl-].[Ti+4].c1ccc2[cH-]c(P(C3CCCCC3)C3CCCCC3)cc2c1. The van der Waals surface area contributed by atoms with Crippen molar-refractivity contribution < 1.29 is 46.5 Å². The van der Waals surface area contributed by atoms with Crippen LogP contribution in [-0.2, 0) is 21.7 Å². The molecule has 0 bridgehead atoms. The number of halogens is 2. The van der Waals surface area contributed by atoms with Gasteiger partial charge in [0.25, 0.3) is 0 Å². The Balaban J connectivity index is 0.000000279. The Morgan fingerprint density at radius 3 is 1.46 bits per heavy atom. The van der Waals surface area contributed by atoms with Gasteiger partial charge in [-0.05, 0) is 49.3 Å². The third-order valence-electron chi connectivity index (χ3n) is 8.79. The van der Waals surface area contributed by atoms with Gasteiger partial charge in [0.2, 0.25) is 0 Å². The van der Waals surface area contributed by atoms with Crippen LogP contribution in [0.25, 0.3) is 21.5 Å². The first-order chi connectivity index (χ1) is 18.8. The quantitative estimate of drug-likeness (QED) is 0.145. The summed E-state index contributed by atoms with van der Waals surface area (Å²) in [6.45, 7) is 4.60. The van der Waals surface area contributed by atoms with Crippen molar-refractivity contribution in [3.63, 3.8) is 0 Å². The molecule has 2 aliphatic rings. The first kappa shape index (κ1) is 37.0. The summed E-state index contributed by atoms with van der Waals surface area (Å²) in [5, 5.41) is 9.11. The molecule has 0 spiro atoms. The van der Waals surface area contributed by atoms with Gasteiger partial charge in [-0.2, -0.15) is 12.1 Å². The Morgan fingerprint density at radius 2 is 1.02 bits per heavy atom. The summed E-state index contributed by atoms with van der Waals surface area (Å²) in [6.07, 6.45) is 20.3. The molecule has 6 rings (SSSR count). The summed E-state index contributed by atoms with van der Waals surface area (Å²) in [5.41, 5.74) is 2.03. The standard InChI is InChI=1S/C21H28P.C15H20P.2ClH.Ti/c1-3-11-19(12-4-1)22(20-13-5-2-6-14-20)21-15-17-9-7-8-10-18(17)16-21;1-3-9-16(10-4-2)15-11-13-7-5-6-8-14(13)12-15;;;/h7-10,15-16,19-20H,1-6,11-14H2;5-8,11-12H,3-4,9-10H2,1-2H3;2*1H;/q2*-1;;;+4/p-2. The van der Waals surface area contributed by atoms with Gasteiger partial charge in [-0.25, -0.2) is 0 Å². The van der Waals surface area contributed by atoms with Crippen LogP contribution >= 0.6 is 15.8 Å². The van der Waals surface area contributed by atoms with Gasteiger partial charge in [-0.15, -0.1) is 80.7 Å². The smallest absolute Gasteiger partial charge is 1.00 e. The van der Waals surface area contributed by atoms with Gasteiger partial charge in [-0.3, -0.25) is 0 Å². The molecule has 4 aromatic rings. The van der Waals surface area contributed by atoms with Gasteiger partial charge in [0, 0.05) is 0 Å². The van der Waals surface area contributed by atoms with Gasteiger partial charge in [0.05, 0.1) is 0 Å². The van der Waals surface area contributed by atoms with E-state index in [2.05, 4.69) is 86.6 Å². The molecular formula is C36H48Cl2P2Ti. The van der Waals surface area contributed by atoms with E-state index in [1.807, 2.05) is 0 Å². The van der Waals surface area contributed by atoms with Crippen LogP contribution in [0, 0.1) is 0 Å². The Hall–Kier alpha value is -0.186. The minimum atomic E-state index is 0. The van der Waals surface area contributed by atoms with E-state index < -0.39 is 0 Å². The third-order valence-corrected chi connectivity index (χ3v) is 15.2. The first-order valence-corrected chi connectivity index (χ1v) is 18.8. The average Bonchev–Trinajstić information content (AvgIpc) is 3.59. The maximum Gasteiger partial charge on any atom is 4.00 e. The van der Waals surface area contributed by atoms with E-state index in [4.69, 9.17) is 0 Å². The summed E-state index contributed by atoms with van der Waals surface area (Å²) in [4.78, 5) is 0. The second kappa shape index (κ2) is 19.3. The molecule has 2 saturated carbocycles. The van der Waals surface area contributed by atoms with Gasteiger partial charge < -0.3 is 24.8 Å². The van der Waals surface area contributed by atoms with E-state index in [0.29, 0.717) is 0 Å². The van der Waals surface area contributed by atoms with Crippen molar-refractivity contribution >= 4 is 48.0 Å². The molecule has 0 unspecified atom stereocenters. The Labute approximate surface area is 280 Å². The molecule has 2 aliphatic carbocycles. The van der Waals surface area contributed by atoms with Crippen LogP contribution in [0.5, 0.6) is 0 Å². The monoisotopic (exact) mass is 660 g/mol. The molecule has 0 saturated heterocycles. The van der Waals surface area contributed by atoms with Crippen molar-refractivity contribution in [2.45, 2.75) is 102 Å². The molecule has 0 aliphatic heterocycles. The van der Waals surface area contributed by atoms with Crippen molar-refractivity contribution in [2.75, 3.05) is 12.3 Å². The molecule has 5 heteroatoms. The molecule has 220 valence electrons. The Morgan fingerprint density at radius 1 is 0.610 bits per heavy atom. The minimum Gasteiger partial charge on any atom is -1.00 e. The van der Waals surface area contributed by atoms with Crippen molar-refractivity contribution in [1.82, 2.24) is 0 Å². The zero-order chi connectivity index (χ0) is 26.2. The molecule has 41 heavy (non-hydrogen) atoms. The Bertz CT molecular complexity index is 1160. The van der Waals surface area contributed by atoms with Crippen molar-refractivity contribution in [2.24, 2.45) is 0 Å². The molecule has 0 amide bonds. The van der Waals surface area contributed by atoms with Crippen molar-refractivity contribution in [1.29, 1.82) is 0 Å². The van der Waals surface area contributed by atoms with E-state index in [1.54, 1.807) is 10.6 Å². The zero-order valence-electron chi connectivity index (χ0n) is 25.1. The second-order valence-electron chi connectivity index (χ2n) is 11.7. The number of hydrogen-bond acceptors (Lipinski definition) is 0. The molecular weight excluding hydrogens is 613 g/mol. The van der Waals surface area contributed by atoms with Crippen molar-refractivity contribution in [3.8, 4) is 0 Å². The molecule has 0 nitrogen and oxygen atoms in total. The number of rotatable bonds is 8. The van der Waals surface area contributed by atoms with Crippen molar-refractivity contribution in [3.05, 3.63) is 72.8 Å². The summed E-state index contributed by atoms with van der Waals surface area (Å²) in [5.74, 6) is 0. The summed E-state index contributed by atoms with van der Waals surface area (Å²) >= 11 is 0. The van der Waals surface area contributed by atoms with Crippen LogP contribution in [0.2, 0.25) is 0 Å². The van der Waals surface area contributed by atoms with Gasteiger partial charge >= 0.3 is 21.7 Å². The number of fused-ring (bicyclic) bond motifs is 2. The summed E-state index contributed by atoms with van der Waals surface area (Å²) < 4.78 is 0. The maximum absolute atomic E-state index is 2.55. The number of hydrogen-bond donors (Lipinski definition) is 0. The molecule has 0 radical (unpaired) electrons. The topological polar surface area (TPSA) is 0 Å². The first-order valence-electron chi connectivity index (χ1n) is 15.6. The average molecular weight is 662 g/mol. The molecule has 0 heterocycles. The number of benzene rings is 2. The molecule has 2 fully saturated rings. The van der Waals surface area contributed by atoms with Gasteiger partial charge in [-0.1, -0.05) is 93.2 Å². The molecule has 0 atom stereocenters. The fraction of sp³-hybridized carbons (Fsp3) is 0.500. The van der Waals surface area contributed by atoms with Crippen LogP contribution in [0.3, 0.4) is 0 Å². The van der Waals surface area contributed by atoms with E-state index in [-0.39, 0.29) is 62.4 Å². The zero-order valence-corrected chi connectivity index (χ0v) is 30.0. The Kier molecular flexibility index (Phi) is 17.4. The predicted molar refractivity (Wildman–Crippen MR) is 176 cm³/mol. The van der Waals surface area contributed by atoms with E-state index in [0.717, 1.165) is 11.3 Å². The van der Waals surface area contributed by atoms with Crippen LogP contribution in [-0.4, -0.2) is 23.6 Å². The molecule has 0 aromatic heterocycles. The van der Waals surface area contributed by atoms with Gasteiger partial charge in [0.15, 0.2) is 0 Å². The predicted octanol–water partition coefficient (Wildman–Crippen LogP) is 4.82. The van der Waals surface area contributed by atoms with Crippen LogP contribution in [0.1, 0.15) is 90.9 Å². The molecule has 4 aromatic carbocycles. The van der Waals surface area contributed by atoms with Gasteiger partial charge in [0.1, 0.15) is 0 Å². The van der Waals surface area contributed by atoms with E-state index in [1.165, 1.54) is 111 Å². The summed E-state index contributed by atoms with van der Waals surface area (Å²) in [6, 6.07) is 27.6. The fourth-order valence-electron chi connectivity index (χ4n) is 6.95. The third kappa shape index (κ3) is 9.90. The second-order valence-corrected chi connectivity index (χ2v) is 16.9. The fourth-order valence-corrected chi connectivity index (χ4v) is 13.3. The van der Waals surface area contributed by atoms with Crippen LogP contribution < -0.4 is 35.4 Å². The molecule has 0 N–H and O–H groups in total.